The minimum atomic E-state index is 0. The Hall–Kier alpha value is -0.860. The number of nitrogens with zero attached hydrogens (tertiary/aromatic N) is 3. The third-order valence-corrected chi connectivity index (χ3v) is 5.22. The molecule has 0 spiro atoms. The highest BCUT2D eigenvalue weighted by atomic mass is 127. The zero-order valence-electron chi connectivity index (χ0n) is 17.4. The third kappa shape index (κ3) is 9.25. The highest BCUT2D eigenvalue weighted by Crippen LogP contribution is 2.14. The molecule has 1 aliphatic heterocycles. The third-order valence-electron chi connectivity index (χ3n) is 5.22. The zero-order valence-corrected chi connectivity index (χ0v) is 19.8. The van der Waals surface area contributed by atoms with Crippen molar-refractivity contribution < 1.29 is 0 Å². The largest absolute Gasteiger partial charge is 0.357 e. The number of guanidine groups is 1. The second kappa shape index (κ2) is 13.3. The van der Waals surface area contributed by atoms with Gasteiger partial charge in [-0.15, -0.1) is 24.0 Å². The fraction of sp³-hybridized carbons (Fsp3) is 0.667. The van der Waals surface area contributed by atoms with Crippen LogP contribution in [-0.4, -0.2) is 68.6 Å². The molecule has 0 aromatic heterocycles. The van der Waals surface area contributed by atoms with Crippen LogP contribution in [0.25, 0.3) is 0 Å². The quantitative estimate of drug-likeness (QED) is 0.319. The Morgan fingerprint density at radius 1 is 1.30 bits per heavy atom. The fourth-order valence-corrected chi connectivity index (χ4v) is 3.38. The molecule has 6 heteroatoms. The topological polar surface area (TPSA) is 42.9 Å². The summed E-state index contributed by atoms with van der Waals surface area (Å²) >= 11 is 0. The van der Waals surface area contributed by atoms with Crippen LogP contribution in [0, 0.1) is 5.92 Å². The molecule has 0 radical (unpaired) electrons. The van der Waals surface area contributed by atoms with Gasteiger partial charge in [0.1, 0.15) is 0 Å². The van der Waals surface area contributed by atoms with Crippen molar-refractivity contribution in [2.24, 2.45) is 10.9 Å². The standard InChI is InChI=1S/C21H37N5.HI/c1-5-22-21(24-15-20-12-14-25(3)16-20)23-13-11-18(2)26(4)17-19-9-7-6-8-10-19;/h6-10,18,20H,5,11-17H2,1-4H3,(H2,22,23,24);1H. The second-order valence-electron chi connectivity index (χ2n) is 7.60. The molecule has 2 unspecified atom stereocenters. The van der Waals surface area contributed by atoms with Crippen molar-refractivity contribution in [3.63, 3.8) is 0 Å². The molecule has 5 nitrogen and oxygen atoms in total. The molecule has 2 N–H and O–H groups in total. The first kappa shape index (κ1) is 24.2. The van der Waals surface area contributed by atoms with Crippen molar-refractivity contribution in [2.75, 3.05) is 46.8 Å². The van der Waals surface area contributed by atoms with E-state index in [-0.39, 0.29) is 24.0 Å². The molecule has 0 saturated carbocycles. The summed E-state index contributed by atoms with van der Waals surface area (Å²) < 4.78 is 0. The smallest absolute Gasteiger partial charge is 0.191 e. The number of hydrogen-bond acceptors (Lipinski definition) is 3. The van der Waals surface area contributed by atoms with Crippen molar-refractivity contribution in [1.29, 1.82) is 0 Å². The van der Waals surface area contributed by atoms with E-state index >= 15 is 0 Å². The van der Waals surface area contributed by atoms with E-state index < -0.39 is 0 Å². The summed E-state index contributed by atoms with van der Waals surface area (Å²) in [5, 5.41) is 6.88. The normalized spacial score (nSPS) is 19.0. The van der Waals surface area contributed by atoms with E-state index in [9.17, 15) is 0 Å². The molecule has 2 rings (SSSR count). The lowest BCUT2D eigenvalue weighted by Crippen LogP contribution is -2.40. The molecule has 1 aliphatic rings. The van der Waals surface area contributed by atoms with Gasteiger partial charge in [0.2, 0.25) is 0 Å². The Kier molecular flexibility index (Phi) is 11.9. The maximum Gasteiger partial charge on any atom is 0.191 e. The molecule has 1 aromatic rings. The Bertz CT molecular complexity index is 537. The van der Waals surface area contributed by atoms with Gasteiger partial charge in [0, 0.05) is 38.8 Å². The van der Waals surface area contributed by atoms with Gasteiger partial charge < -0.3 is 15.5 Å². The summed E-state index contributed by atoms with van der Waals surface area (Å²) in [5.74, 6) is 1.66. The van der Waals surface area contributed by atoms with Crippen molar-refractivity contribution in [3.05, 3.63) is 35.9 Å². The lowest BCUT2D eigenvalue weighted by atomic mass is 10.1. The van der Waals surface area contributed by atoms with Crippen molar-refractivity contribution >= 4 is 29.9 Å². The van der Waals surface area contributed by atoms with E-state index in [4.69, 9.17) is 4.99 Å². The van der Waals surface area contributed by atoms with Gasteiger partial charge in [-0.2, -0.15) is 0 Å². The van der Waals surface area contributed by atoms with Crippen LogP contribution in [0.4, 0.5) is 0 Å². The van der Waals surface area contributed by atoms with Crippen molar-refractivity contribution in [3.8, 4) is 0 Å². The van der Waals surface area contributed by atoms with E-state index in [1.165, 1.54) is 25.1 Å². The Balaban J connectivity index is 0.00000364. The lowest BCUT2D eigenvalue weighted by Gasteiger charge is -2.25. The van der Waals surface area contributed by atoms with Crippen LogP contribution < -0.4 is 10.6 Å². The number of hydrogen-bond donors (Lipinski definition) is 2. The number of aliphatic imine (C=N–C) groups is 1. The van der Waals surface area contributed by atoms with Gasteiger partial charge in [0.15, 0.2) is 5.96 Å². The van der Waals surface area contributed by atoms with Crippen LogP contribution in [0.15, 0.2) is 35.3 Å². The maximum atomic E-state index is 4.79. The molecule has 1 heterocycles. The molecule has 1 saturated heterocycles. The highest BCUT2D eigenvalue weighted by molar-refractivity contribution is 14.0. The molecule has 0 bridgehead atoms. The molecule has 0 aliphatic carbocycles. The minimum Gasteiger partial charge on any atom is -0.357 e. The summed E-state index contributed by atoms with van der Waals surface area (Å²) in [6, 6.07) is 11.2. The van der Waals surface area contributed by atoms with Crippen LogP contribution in [-0.2, 0) is 6.54 Å². The Labute approximate surface area is 183 Å². The first-order valence-electron chi connectivity index (χ1n) is 10.0. The van der Waals surface area contributed by atoms with E-state index in [2.05, 4.69) is 78.7 Å². The first-order valence-corrected chi connectivity index (χ1v) is 10.0. The van der Waals surface area contributed by atoms with Crippen LogP contribution in [0.1, 0.15) is 32.3 Å². The van der Waals surface area contributed by atoms with E-state index in [0.29, 0.717) is 12.0 Å². The summed E-state index contributed by atoms with van der Waals surface area (Å²) in [5.41, 5.74) is 1.37. The second-order valence-corrected chi connectivity index (χ2v) is 7.60. The predicted molar refractivity (Wildman–Crippen MR) is 127 cm³/mol. The SMILES string of the molecule is CCNC(=NCC1CCN(C)C1)NCCC(C)N(C)Cc1ccccc1.I. The van der Waals surface area contributed by atoms with Crippen molar-refractivity contribution in [1.82, 2.24) is 20.4 Å². The van der Waals surface area contributed by atoms with Gasteiger partial charge in [-0.25, -0.2) is 0 Å². The zero-order chi connectivity index (χ0) is 18.8. The van der Waals surface area contributed by atoms with Gasteiger partial charge in [0.05, 0.1) is 0 Å². The Morgan fingerprint density at radius 2 is 2.04 bits per heavy atom. The van der Waals surface area contributed by atoms with E-state index in [1.54, 1.807) is 0 Å². The van der Waals surface area contributed by atoms with Gasteiger partial charge in [-0.05, 0) is 58.8 Å². The molecule has 1 aromatic carbocycles. The minimum absolute atomic E-state index is 0. The number of benzene rings is 1. The van der Waals surface area contributed by atoms with Gasteiger partial charge in [0.25, 0.3) is 0 Å². The van der Waals surface area contributed by atoms with Gasteiger partial charge in [-0.3, -0.25) is 9.89 Å². The molecule has 0 amide bonds. The van der Waals surface area contributed by atoms with Crippen LogP contribution in [0.3, 0.4) is 0 Å². The molecule has 2 atom stereocenters. The predicted octanol–water partition coefficient (Wildman–Crippen LogP) is 3.02. The molecular weight excluding hydrogens is 449 g/mol. The van der Waals surface area contributed by atoms with Crippen LogP contribution in [0.5, 0.6) is 0 Å². The van der Waals surface area contributed by atoms with E-state index in [1.807, 2.05) is 0 Å². The molecule has 27 heavy (non-hydrogen) atoms. The highest BCUT2D eigenvalue weighted by Gasteiger charge is 2.19. The molecule has 1 fully saturated rings. The van der Waals surface area contributed by atoms with Gasteiger partial charge >= 0.3 is 0 Å². The van der Waals surface area contributed by atoms with Gasteiger partial charge in [-0.1, -0.05) is 30.3 Å². The lowest BCUT2D eigenvalue weighted by molar-refractivity contribution is 0.238. The van der Waals surface area contributed by atoms with Crippen LogP contribution in [0.2, 0.25) is 0 Å². The monoisotopic (exact) mass is 487 g/mol. The number of halogens is 1. The van der Waals surface area contributed by atoms with Crippen LogP contribution >= 0.6 is 24.0 Å². The maximum absolute atomic E-state index is 4.79. The average molecular weight is 487 g/mol. The molecule has 154 valence electrons. The summed E-state index contributed by atoms with van der Waals surface area (Å²) in [6.07, 6.45) is 2.36. The summed E-state index contributed by atoms with van der Waals surface area (Å²) in [7, 11) is 4.40. The molecular formula is C21H38IN5. The summed E-state index contributed by atoms with van der Waals surface area (Å²) in [4.78, 5) is 9.60. The summed E-state index contributed by atoms with van der Waals surface area (Å²) in [6.45, 7) is 10.5. The fourth-order valence-electron chi connectivity index (χ4n) is 3.38. The average Bonchev–Trinajstić information content (AvgIpc) is 3.05. The van der Waals surface area contributed by atoms with Crippen molar-refractivity contribution in [2.45, 2.75) is 39.3 Å². The number of likely N-dealkylation sites (tertiary alicyclic amines) is 1. The number of rotatable bonds is 9. The van der Waals surface area contributed by atoms with E-state index in [0.717, 1.165) is 38.6 Å². The Morgan fingerprint density at radius 3 is 2.67 bits per heavy atom. The first-order chi connectivity index (χ1) is 12.6. The number of nitrogens with one attached hydrogen (secondary N) is 2.